The lowest BCUT2D eigenvalue weighted by molar-refractivity contribution is -0.0404. The number of Topliss-reactive ketones (excluding diaryl/α,β-unsaturated/α-hetero) is 1. The number of ketones is 1. The summed E-state index contributed by atoms with van der Waals surface area (Å²) in [5.74, 6) is -2.94. The fraction of sp³-hybridized carbons (Fsp3) is 0.364. The zero-order chi connectivity index (χ0) is 11.1. The van der Waals surface area contributed by atoms with Gasteiger partial charge in [-0.25, -0.2) is 8.78 Å². The number of hydrogen-bond acceptors (Lipinski definition) is 2. The van der Waals surface area contributed by atoms with Gasteiger partial charge < -0.3 is 4.74 Å². The molecule has 1 aromatic carbocycles. The van der Waals surface area contributed by atoms with Crippen molar-refractivity contribution in [2.45, 2.75) is 19.3 Å². The number of alkyl halides is 2. The van der Waals surface area contributed by atoms with E-state index in [1.807, 2.05) is 0 Å². The highest BCUT2D eigenvalue weighted by Gasteiger charge is 2.38. The van der Waals surface area contributed by atoms with E-state index in [1.165, 1.54) is 25.1 Å². The van der Waals surface area contributed by atoms with Crippen LogP contribution in [0.4, 0.5) is 8.78 Å². The number of rotatable bonds is 1. The summed E-state index contributed by atoms with van der Waals surface area (Å²) in [4.78, 5) is 11.1. The van der Waals surface area contributed by atoms with E-state index < -0.39 is 5.92 Å². The van der Waals surface area contributed by atoms with Gasteiger partial charge in [-0.1, -0.05) is 0 Å². The number of carbonyl (C=O) groups is 1. The quantitative estimate of drug-likeness (QED) is 0.669. The number of ether oxygens (including phenoxy) is 1. The van der Waals surface area contributed by atoms with E-state index in [9.17, 15) is 13.6 Å². The van der Waals surface area contributed by atoms with Gasteiger partial charge in [0.15, 0.2) is 5.78 Å². The Balaban J connectivity index is 2.53. The normalized spacial score (nSPS) is 17.8. The van der Waals surface area contributed by atoms with Crippen molar-refractivity contribution in [2.75, 3.05) is 6.61 Å². The Labute approximate surface area is 85.9 Å². The Morgan fingerprint density at radius 3 is 2.87 bits per heavy atom. The molecule has 0 aromatic heterocycles. The Morgan fingerprint density at radius 2 is 2.20 bits per heavy atom. The second kappa shape index (κ2) is 3.29. The Kier molecular flexibility index (Phi) is 2.21. The zero-order valence-corrected chi connectivity index (χ0v) is 8.22. The molecule has 0 radical (unpaired) electrons. The maximum atomic E-state index is 13.4. The largest absolute Gasteiger partial charge is 0.493 e. The molecule has 0 amide bonds. The minimum Gasteiger partial charge on any atom is -0.493 e. The highest BCUT2D eigenvalue weighted by molar-refractivity contribution is 5.94. The summed E-state index contributed by atoms with van der Waals surface area (Å²) in [6.45, 7) is 1.36. The third-order valence-electron chi connectivity index (χ3n) is 2.45. The van der Waals surface area contributed by atoms with Crippen LogP contribution in [0.15, 0.2) is 18.2 Å². The molecule has 2 rings (SSSR count). The monoisotopic (exact) mass is 212 g/mol. The van der Waals surface area contributed by atoms with Gasteiger partial charge in [0.1, 0.15) is 5.75 Å². The maximum absolute atomic E-state index is 13.4. The molecule has 0 atom stereocenters. The van der Waals surface area contributed by atoms with Crippen LogP contribution in [0.25, 0.3) is 0 Å². The molecule has 1 aliphatic rings. The third kappa shape index (κ3) is 1.71. The first-order valence-electron chi connectivity index (χ1n) is 4.67. The lowest BCUT2D eigenvalue weighted by Crippen LogP contribution is -2.24. The first-order valence-corrected chi connectivity index (χ1v) is 4.67. The van der Waals surface area contributed by atoms with E-state index in [2.05, 4.69) is 0 Å². The maximum Gasteiger partial charge on any atom is 0.280 e. The summed E-state index contributed by atoms with van der Waals surface area (Å²) in [7, 11) is 0. The van der Waals surface area contributed by atoms with Crippen LogP contribution in [0, 0.1) is 0 Å². The van der Waals surface area contributed by atoms with Crippen molar-refractivity contribution in [3.8, 4) is 5.75 Å². The highest BCUT2D eigenvalue weighted by atomic mass is 19.3. The van der Waals surface area contributed by atoms with E-state index in [0.29, 0.717) is 5.56 Å². The molecular weight excluding hydrogens is 202 g/mol. The van der Waals surface area contributed by atoms with Crippen LogP contribution in [0.5, 0.6) is 5.75 Å². The molecular formula is C11H10F2O2. The molecule has 1 aromatic rings. The van der Waals surface area contributed by atoms with Crippen molar-refractivity contribution in [3.05, 3.63) is 29.3 Å². The molecule has 0 aliphatic carbocycles. The highest BCUT2D eigenvalue weighted by Crippen LogP contribution is 2.41. The lowest BCUT2D eigenvalue weighted by Gasteiger charge is -2.25. The first kappa shape index (κ1) is 10.1. The van der Waals surface area contributed by atoms with Gasteiger partial charge in [-0.05, 0) is 25.1 Å². The predicted molar refractivity (Wildman–Crippen MR) is 50.5 cm³/mol. The lowest BCUT2D eigenvalue weighted by atomic mass is 9.98. The molecule has 4 heteroatoms. The van der Waals surface area contributed by atoms with Gasteiger partial charge in [0.05, 0.1) is 18.6 Å². The van der Waals surface area contributed by atoms with Crippen LogP contribution in [0.1, 0.15) is 29.3 Å². The summed E-state index contributed by atoms with van der Waals surface area (Å²) < 4.78 is 32.0. The van der Waals surface area contributed by atoms with Crippen molar-refractivity contribution >= 4 is 5.78 Å². The molecule has 1 aliphatic heterocycles. The fourth-order valence-corrected chi connectivity index (χ4v) is 1.58. The van der Waals surface area contributed by atoms with Gasteiger partial charge in [0, 0.05) is 5.56 Å². The van der Waals surface area contributed by atoms with Crippen molar-refractivity contribution in [3.63, 3.8) is 0 Å². The Bertz CT molecular complexity index is 413. The second-order valence-corrected chi connectivity index (χ2v) is 3.57. The van der Waals surface area contributed by atoms with Crippen LogP contribution < -0.4 is 4.74 Å². The summed E-state index contributed by atoms with van der Waals surface area (Å²) >= 11 is 0. The number of carbonyl (C=O) groups excluding carboxylic acids is 1. The molecule has 0 fully saturated rings. The van der Waals surface area contributed by atoms with Crippen molar-refractivity contribution in [1.82, 2.24) is 0 Å². The molecule has 1 heterocycles. The van der Waals surface area contributed by atoms with E-state index in [-0.39, 0.29) is 30.1 Å². The molecule has 0 unspecified atom stereocenters. The molecule has 0 saturated heterocycles. The summed E-state index contributed by atoms with van der Waals surface area (Å²) in [6.07, 6.45) is -0.332. The zero-order valence-electron chi connectivity index (χ0n) is 8.22. The smallest absolute Gasteiger partial charge is 0.280 e. The van der Waals surface area contributed by atoms with Gasteiger partial charge in [-0.15, -0.1) is 0 Å². The average molecular weight is 212 g/mol. The van der Waals surface area contributed by atoms with Crippen LogP contribution in [-0.4, -0.2) is 12.4 Å². The van der Waals surface area contributed by atoms with Crippen molar-refractivity contribution in [1.29, 1.82) is 0 Å². The standard InChI is InChI=1S/C11H10F2O2/c1-7(14)8-2-3-10-9(6-8)11(12,13)4-5-15-10/h2-3,6H,4-5H2,1H3. The SMILES string of the molecule is CC(=O)c1ccc2c(c1)C(F)(F)CCO2. The minimum absolute atomic E-state index is 0.0133. The van der Waals surface area contributed by atoms with Crippen LogP contribution in [0.2, 0.25) is 0 Å². The molecule has 2 nitrogen and oxygen atoms in total. The van der Waals surface area contributed by atoms with E-state index >= 15 is 0 Å². The van der Waals surface area contributed by atoms with E-state index in [0.717, 1.165) is 0 Å². The van der Waals surface area contributed by atoms with Gasteiger partial charge in [-0.3, -0.25) is 4.79 Å². The van der Waals surface area contributed by atoms with Crippen LogP contribution in [-0.2, 0) is 5.92 Å². The number of halogens is 2. The molecule has 0 bridgehead atoms. The first-order chi connectivity index (χ1) is 7.00. The van der Waals surface area contributed by atoms with Gasteiger partial charge >= 0.3 is 0 Å². The van der Waals surface area contributed by atoms with Crippen LogP contribution >= 0.6 is 0 Å². The van der Waals surface area contributed by atoms with E-state index in [1.54, 1.807) is 0 Å². The molecule has 0 saturated carbocycles. The minimum atomic E-state index is -2.89. The molecule has 80 valence electrons. The van der Waals surface area contributed by atoms with Crippen molar-refractivity contribution < 1.29 is 18.3 Å². The topological polar surface area (TPSA) is 26.3 Å². The number of benzene rings is 1. The molecule has 15 heavy (non-hydrogen) atoms. The van der Waals surface area contributed by atoms with Gasteiger partial charge in [-0.2, -0.15) is 0 Å². The van der Waals surface area contributed by atoms with E-state index in [4.69, 9.17) is 4.74 Å². The Hall–Kier alpha value is -1.45. The molecule has 0 N–H and O–H groups in total. The number of hydrogen-bond donors (Lipinski definition) is 0. The van der Waals surface area contributed by atoms with Crippen LogP contribution in [0.3, 0.4) is 0 Å². The fourth-order valence-electron chi connectivity index (χ4n) is 1.58. The third-order valence-corrected chi connectivity index (χ3v) is 2.45. The van der Waals surface area contributed by atoms with Gasteiger partial charge in [0.25, 0.3) is 5.92 Å². The summed E-state index contributed by atoms with van der Waals surface area (Å²) in [5.41, 5.74) is 0.111. The number of fused-ring (bicyclic) bond motifs is 1. The van der Waals surface area contributed by atoms with Gasteiger partial charge in [0.2, 0.25) is 0 Å². The van der Waals surface area contributed by atoms with Crippen molar-refractivity contribution in [2.24, 2.45) is 0 Å². The Morgan fingerprint density at radius 1 is 1.47 bits per heavy atom. The molecule has 0 spiro atoms. The summed E-state index contributed by atoms with van der Waals surface area (Å²) in [5, 5.41) is 0. The second-order valence-electron chi connectivity index (χ2n) is 3.57. The predicted octanol–water partition coefficient (Wildman–Crippen LogP) is 2.76. The average Bonchev–Trinajstić information content (AvgIpc) is 2.17. The summed E-state index contributed by atoms with van der Waals surface area (Å²) in [6, 6.07) is 4.15.